The minimum atomic E-state index is 0.0266. The number of methoxy groups -OCH3 is 1. The Morgan fingerprint density at radius 3 is 2.83 bits per heavy atom. The van der Waals surface area contributed by atoms with Crippen LogP contribution in [-0.2, 0) is 11.3 Å². The molecule has 1 atom stereocenters. The van der Waals surface area contributed by atoms with Crippen LogP contribution in [0, 0.1) is 0 Å². The average molecular weight is 317 g/mol. The van der Waals surface area contributed by atoms with Crippen LogP contribution in [0.15, 0.2) is 16.7 Å². The van der Waals surface area contributed by atoms with Crippen molar-refractivity contribution >= 4 is 21.8 Å². The fourth-order valence-electron chi connectivity index (χ4n) is 1.81. The number of carbonyl (C=O) groups is 1. The van der Waals surface area contributed by atoms with E-state index in [9.17, 15) is 4.79 Å². The summed E-state index contributed by atoms with van der Waals surface area (Å²) in [5, 5.41) is 0. The Morgan fingerprint density at radius 2 is 2.28 bits per heavy atom. The monoisotopic (exact) mass is 316 g/mol. The maximum atomic E-state index is 12.4. The number of carbonyl (C=O) groups excluding carboxylic acids is 1. The highest BCUT2D eigenvalue weighted by Gasteiger charge is 2.20. The van der Waals surface area contributed by atoms with E-state index in [1.54, 1.807) is 12.0 Å². The van der Waals surface area contributed by atoms with Gasteiger partial charge in [0.1, 0.15) is 5.69 Å². The highest BCUT2D eigenvalue weighted by Crippen LogP contribution is 2.17. The lowest BCUT2D eigenvalue weighted by atomic mass is 10.2. The molecule has 4 nitrogen and oxygen atoms in total. The van der Waals surface area contributed by atoms with Crippen molar-refractivity contribution in [3.63, 3.8) is 0 Å². The molecule has 0 fully saturated rings. The second-order valence-corrected chi connectivity index (χ2v) is 5.37. The Morgan fingerprint density at radius 1 is 1.61 bits per heavy atom. The van der Waals surface area contributed by atoms with Crippen LogP contribution in [-0.4, -0.2) is 42.2 Å². The van der Waals surface area contributed by atoms with Crippen LogP contribution in [0.25, 0.3) is 0 Å². The maximum Gasteiger partial charge on any atom is 0.270 e. The minimum Gasteiger partial charge on any atom is -0.383 e. The van der Waals surface area contributed by atoms with Gasteiger partial charge in [-0.3, -0.25) is 4.79 Å². The summed E-state index contributed by atoms with van der Waals surface area (Å²) in [5.74, 6) is 0.0266. The molecule has 1 amide bonds. The van der Waals surface area contributed by atoms with Gasteiger partial charge in [-0.1, -0.05) is 6.92 Å². The Balaban J connectivity index is 2.88. The van der Waals surface area contributed by atoms with Crippen LogP contribution in [0.4, 0.5) is 0 Å². The summed E-state index contributed by atoms with van der Waals surface area (Å²) in [6.07, 6.45) is 2.95. The van der Waals surface area contributed by atoms with E-state index < -0.39 is 0 Å². The number of amides is 1. The Kier molecular flexibility index (Phi) is 5.88. The van der Waals surface area contributed by atoms with Crippen molar-refractivity contribution in [3.8, 4) is 0 Å². The predicted molar refractivity (Wildman–Crippen MR) is 75.9 cm³/mol. The zero-order valence-electron chi connectivity index (χ0n) is 11.4. The van der Waals surface area contributed by atoms with E-state index in [1.807, 2.05) is 30.8 Å². The van der Waals surface area contributed by atoms with Crippen molar-refractivity contribution < 1.29 is 9.53 Å². The topological polar surface area (TPSA) is 34.5 Å². The lowest BCUT2D eigenvalue weighted by Crippen LogP contribution is -2.38. The molecule has 0 radical (unpaired) electrons. The minimum absolute atomic E-state index is 0.0266. The molecule has 1 heterocycles. The summed E-state index contributed by atoms with van der Waals surface area (Å²) in [7, 11) is 3.45. The summed E-state index contributed by atoms with van der Waals surface area (Å²) in [4.78, 5) is 14.1. The van der Waals surface area contributed by atoms with Gasteiger partial charge in [0.2, 0.25) is 0 Å². The number of hydrogen-bond donors (Lipinski definition) is 0. The molecule has 0 spiro atoms. The van der Waals surface area contributed by atoms with Crippen LogP contribution < -0.4 is 0 Å². The van der Waals surface area contributed by atoms with Gasteiger partial charge < -0.3 is 14.2 Å². The quantitative estimate of drug-likeness (QED) is 0.808. The lowest BCUT2D eigenvalue weighted by molar-refractivity contribution is 0.0623. The van der Waals surface area contributed by atoms with Gasteiger partial charge in [-0.15, -0.1) is 0 Å². The van der Waals surface area contributed by atoms with Crippen molar-refractivity contribution in [1.82, 2.24) is 9.47 Å². The van der Waals surface area contributed by atoms with E-state index in [0.29, 0.717) is 12.3 Å². The number of hydrogen-bond acceptors (Lipinski definition) is 2. The Bertz CT molecular complexity index is 404. The van der Waals surface area contributed by atoms with Crippen LogP contribution in [0.1, 0.15) is 30.8 Å². The van der Waals surface area contributed by atoms with Crippen LogP contribution in [0.5, 0.6) is 0 Å². The van der Waals surface area contributed by atoms with E-state index in [-0.39, 0.29) is 11.9 Å². The summed E-state index contributed by atoms with van der Waals surface area (Å²) < 4.78 is 8.01. The average Bonchev–Trinajstić information content (AvgIpc) is 2.69. The Labute approximate surface area is 117 Å². The molecule has 0 bridgehead atoms. The second-order valence-electron chi connectivity index (χ2n) is 4.46. The molecule has 1 aromatic rings. The largest absolute Gasteiger partial charge is 0.383 e. The molecule has 0 aromatic carbocycles. The normalized spacial score (nSPS) is 12.5. The van der Waals surface area contributed by atoms with E-state index in [2.05, 4.69) is 22.9 Å². The third-order valence-corrected chi connectivity index (χ3v) is 3.37. The standard InChI is InChI=1S/C13H21BrN2O2/c1-5-6-16-8-11(14)7-12(16)13(17)15(3)10(2)9-18-4/h7-8,10H,5-6,9H2,1-4H3. The number of aromatic nitrogens is 1. The number of halogens is 1. The van der Waals surface area contributed by atoms with Crippen LogP contribution in [0.2, 0.25) is 0 Å². The fraction of sp³-hybridized carbons (Fsp3) is 0.615. The molecule has 18 heavy (non-hydrogen) atoms. The lowest BCUT2D eigenvalue weighted by Gasteiger charge is -2.24. The van der Waals surface area contributed by atoms with Gasteiger partial charge in [-0.25, -0.2) is 0 Å². The number of aryl methyl sites for hydroxylation is 1. The number of ether oxygens (including phenoxy) is 1. The molecular weight excluding hydrogens is 296 g/mol. The first kappa shape index (κ1) is 15.2. The van der Waals surface area contributed by atoms with Gasteiger partial charge >= 0.3 is 0 Å². The third kappa shape index (κ3) is 3.59. The summed E-state index contributed by atoms with van der Waals surface area (Å²) in [6.45, 7) is 5.46. The van der Waals surface area contributed by atoms with Crippen molar-refractivity contribution in [2.75, 3.05) is 20.8 Å². The molecule has 0 saturated carbocycles. The van der Waals surface area contributed by atoms with E-state index in [1.165, 1.54) is 0 Å². The summed E-state index contributed by atoms with van der Waals surface area (Å²) in [6, 6.07) is 1.93. The van der Waals surface area contributed by atoms with Gasteiger partial charge in [0.05, 0.1) is 12.6 Å². The van der Waals surface area contributed by atoms with Gasteiger partial charge in [0.25, 0.3) is 5.91 Å². The smallest absolute Gasteiger partial charge is 0.270 e. The maximum absolute atomic E-state index is 12.4. The van der Waals surface area contributed by atoms with Gasteiger partial charge in [0.15, 0.2) is 0 Å². The molecule has 0 aliphatic heterocycles. The summed E-state index contributed by atoms with van der Waals surface area (Å²) in [5.41, 5.74) is 0.717. The molecule has 1 aromatic heterocycles. The molecule has 102 valence electrons. The van der Waals surface area contributed by atoms with Gasteiger partial charge in [-0.05, 0) is 35.3 Å². The molecule has 1 rings (SSSR count). The third-order valence-electron chi connectivity index (χ3n) is 2.94. The van der Waals surface area contributed by atoms with Crippen LogP contribution in [0.3, 0.4) is 0 Å². The second kappa shape index (κ2) is 6.95. The Hall–Kier alpha value is -0.810. The molecular formula is C13H21BrN2O2. The van der Waals surface area contributed by atoms with E-state index >= 15 is 0 Å². The number of nitrogens with zero attached hydrogens (tertiary/aromatic N) is 2. The van der Waals surface area contributed by atoms with Crippen molar-refractivity contribution in [3.05, 3.63) is 22.4 Å². The molecule has 1 unspecified atom stereocenters. The first-order valence-electron chi connectivity index (χ1n) is 6.13. The first-order valence-corrected chi connectivity index (χ1v) is 6.92. The highest BCUT2D eigenvalue weighted by atomic mass is 79.9. The van der Waals surface area contributed by atoms with Gasteiger partial charge in [0, 0.05) is 31.4 Å². The predicted octanol–water partition coefficient (Wildman–Crippen LogP) is 2.77. The first-order chi connectivity index (χ1) is 8.51. The molecule has 0 N–H and O–H groups in total. The van der Waals surface area contributed by atoms with E-state index in [4.69, 9.17) is 4.74 Å². The fourth-order valence-corrected chi connectivity index (χ4v) is 2.28. The number of rotatable bonds is 6. The highest BCUT2D eigenvalue weighted by molar-refractivity contribution is 9.10. The molecule has 5 heteroatoms. The van der Waals surface area contributed by atoms with Crippen molar-refractivity contribution in [2.45, 2.75) is 32.9 Å². The zero-order chi connectivity index (χ0) is 13.7. The van der Waals surface area contributed by atoms with Crippen LogP contribution >= 0.6 is 15.9 Å². The molecule has 0 aliphatic carbocycles. The van der Waals surface area contributed by atoms with Crippen molar-refractivity contribution in [1.29, 1.82) is 0 Å². The van der Waals surface area contributed by atoms with Gasteiger partial charge in [-0.2, -0.15) is 0 Å². The summed E-state index contributed by atoms with van der Waals surface area (Å²) >= 11 is 3.42. The van der Waals surface area contributed by atoms with E-state index in [0.717, 1.165) is 17.4 Å². The SMILES string of the molecule is CCCn1cc(Br)cc1C(=O)N(C)C(C)COC. The molecule has 0 saturated heterocycles. The van der Waals surface area contributed by atoms with Crippen molar-refractivity contribution in [2.24, 2.45) is 0 Å². The zero-order valence-corrected chi connectivity index (χ0v) is 13.0. The number of likely N-dealkylation sites (N-methyl/N-ethyl adjacent to an activating group) is 1. The molecule has 0 aliphatic rings.